The number of ether oxygens (including phenoxy) is 1. The molecule has 0 fully saturated rings. The molecule has 1 amide bonds. The van der Waals surface area contributed by atoms with Crippen molar-refractivity contribution in [2.75, 3.05) is 7.11 Å². The second-order valence-electron chi connectivity index (χ2n) is 5.49. The topological polar surface area (TPSA) is 88.5 Å². The highest BCUT2D eigenvalue weighted by Crippen LogP contribution is 2.21. The van der Waals surface area contributed by atoms with Crippen LogP contribution < -0.4 is 10.1 Å². The average molecular weight is 316 g/mol. The number of rotatable bonds is 6. The van der Waals surface area contributed by atoms with Gasteiger partial charge in [0, 0.05) is 23.9 Å². The van der Waals surface area contributed by atoms with Gasteiger partial charge in [-0.2, -0.15) is 0 Å². The van der Waals surface area contributed by atoms with Gasteiger partial charge < -0.3 is 15.2 Å². The van der Waals surface area contributed by atoms with Crippen LogP contribution in [0.5, 0.6) is 5.75 Å². The Labute approximate surface area is 134 Å². The molecule has 23 heavy (non-hydrogen) atoms. The molecule has 1 aromatic heterocycles. The fourth-order valence-corrected chi connectivity index (χ4v) is 2.31. The van der Waals surface area contributed by atoms with E-state index < -0.39 is 5.97 Å². The Kier molecular flexibility index (Phi) is 5.16. The van der Waals surface area contributed by atoms with Gasteiger partial charge in [-0.25, -0.2) is 0 Å². The summed E-state index contributed by atoms with van der Waals surface area (Å²) < 4.78 is 5.17. The molecule has 0 spiro atoms. The van der Waals surface area contributed by atoms with Gasteiger partial charge in [0.05, 0.1) is 23.9 Å². The predicted octanol–water partition coefficient (Wildman–Crippen LogP) is 2.53. The second-order valence-corrected chi connectivity index (χ2v) is 5.49. The van der Waals surface area contributed by atoms with E-state index in [1.807, 2.05) is 18.2 Å². The number of hydrogen-bond acceptors (Lipinski definition) is 4. The molecule has 0 saturated heterocycles. The number of carbonyl (C=O) groups excluding carboxylic acids is 1. The Morgan fingerprint density at radius 1 is 1.35 bits per heavy atom. The molecule has 0 aliphatic carbocycles. The molecule has 0 bridgehead atoms. The van der Waals surface area contributed by atoms with E-state index in [-0.39, 0.29) is 18.4 Å². The normalized spacial score (nSPS) is 12.0. The van der Waals surface area contributed by atoms with Crippen LogP contribution in [-0.4, -0.2) is 35.1 Å². The summed E-state index contributed by atoms with van der Waals surface area (Å²) in [4.78, 5) is 27.4. The van der Waals surface area contributed by atoms with Crippen LogP contribution in [0.1, 0.15) is 35.8 Å². The molecule has 2 N–H and O–H groups in total. The molecule has 0 aliphatic heterocycles. The maximum absolute atomic E-state index is 12.4. The zero-order valence-electron chi connectivity index (χ0n) is 13.4. The molecule has 0 aliphatic rings. The molecule has 2 aromatic rings. The van der Waals surface area contributed by atoms with Gasteiger partial charge in [0.15, 0.2) is 0 Å². The van der Waals surface area contributed by atoms with E-state index in [9.17, 15) is 9.59 Å². The number of benzene rings is 1. The van der Waals surface area contributed by atoms with Gasteiger partial charge in [0.2, 0.25) is 0 Å². The number of methoxy groups -OCH3 is 1. The summed E-state index contributed by atoms with van der Waals surface area (Å²) in [5, 5.41) is 12.3. The van der Waals surface area contributed by atoms with E-state index in [1.165, 1.54) is 0 Å². The van der Waals surface area contributed by atoms with E-state index in [0.717, 1.165) is 10.9 Å². The van der Waals surface area contributed by atoms with Crippen molar-refractivity contribution >= 4 is 22.8 Å². The molecular formula is C17H20N2O4. The molecule has 1 aromatic carbocycles. The van der Waals surface area contributed by atoms with E-state index in [2.05, 4.69) is 10.3 Å². The number of pyridine rings is 1. The van der Waals surface area contributed by atoms with Crippen LogP contribution in [0, 0.1) is 6.92 Å². The van der Waals surface area contributed by atoms with E-state index in [0.29, 0.717) is 23.4 Å². The number of aryl methyl sites for hydroxylation is 1. The second kappa shape index (κ2) is 7.09. The van der Waals surface area contributed by atoms with Crippen molar-refractivity contribution in [3.05, 3.63) is 35.5 Å². The van der Waals surface area contributed by atoms with Gasteiger partial charge in [-0.15, -0.1) is 0 Å². The number of aliphatic carboxylic acids is 1. The summed E-state index contributed by atoms with van der Waals surface area (Å²) in [6.45, 7) is 3.56. The molecule has 1 heterocycles. The maximum atomic E-state index is 12.4. The fourth-order valence-electron chi connectivity index (χ4n) is 2.31. The summed E-state index contributed by atoms with van der Waals surface area (Å²) in [6, 6.07) is 7.06. The molecule has 0 radical (unpaired) electrons. The quantitative estimate of drug-likeness (QED) is 0.855. The number of nitrogens with zero attached hydrogens (tertiary/aromatic N) is 1. The van der Waals surface area contributed by atoms with E-state index in [4.69, 9.17) is 9.84 Å². The minimum Gasteiger partial charge on any atom is -0.497 e. The minimum absolute atomic E-state index is 0.0240. The molecular weight excluding hydrogens is 296 g/mol. The number of fused-ring (bicyclic) bond motifs is 1. The van der Waals surface area contributed by atoms with Crippen LogP contribution in [0.3, 0.4) is 0 Å². The van der Waals surface area contributed by atoms with Crippen molar-refractivity contribution in [3.8, 4) is 5.75 Å². The first-order chi connectivity index (χ1) is 10.9. The number of amides is 1. The van der Waals surface area contributed by atoms with Gasteiger partial charge in [-0.1, -0.05) is 0 Å². The molecule has 1 unspecified atom stereocenters. The predicted molar refractivity (Wildman–Crippen MR) is 86.8 cm³/mol. The van der Waals surface area contributed by atoms with Crippen molar-refractivity contribution in [1.82, 2.24) is 10.3 Å². The monoisotopic (exact) mass is 316 g/mol. The van der Waals surface area contributed by atoms with Crippen LogP contribution >= 0.6 is 0 Å². The fraction of sp³-hybridized carbons (Fsp3) is 0.353. The summed E-state index contributed by atoms with van der Waals surface area (Å²) in [5.41, 5.74) is 1.87. The van der Waals surface area contributed by atoms with E-state index >= 15 is 0 Å². The van der Waals surface area contributed by atoms with Gasteiger partial charge in [-0.3, -0.25) is 14.6 Å². The van der Waals surface area contributed by atoms with Gasteiger partial charge in [0.1, 0.15) is 5.75 Å². The molecule has 6 nitrogen and oxygen atoms in total. The highest BCUT2D eigenvalue weighted by atomic mass is 16.5. The third kappa shape index (κ3) is 4.18. The zero-order chi connectivity index (χ0) is 17.0. The summed E-state index contributed by atoms with van der Waals surface area (Å²) in [5.74, 6) is -0.405. The standard InChI is InChI=1S/C17H20N2O4/c1-10(4-7-16(20)21)18-17(22)14-8-12-5-6-13(23-3)9-15(12)19-11(14)2/h5-6,8-10H,4,7H2,1-3H3,(H,18,22)(H,20,21). The Morgan fingerprint density at radius 3 is 2.74 bits per heavy atom. The average Bonchev–Trinajstić information content (AvgIpc) is 2.51. The van der Waals surface area contributed by atoms with Crippen molar-refractivity contribution in [3.63, 3.8) is 0 Å². The molecule has 2 rings (SSSR count). The SMILES string of the molecule is COc1ccc2cc(C(=O)NC(C)CCC(=O)O)c(C)nc2c1. The smallest absolute Gasteiger partial charge is 0.303 e. The van der Waals surface area contributed by atoms with Crippen molar-refractivity contribution < 1.29 is 19.4 Å². The maximum Gasteiger partial charge on any atom is 0.303 e. The first kappa shape index (κ1) is 16.7. The number of carbonyl (C=O) groups is 2. The minimum atomic E-state index is -0.872. The van der Waals surface area contributed by atoms with Gasteiger partial charge in [-0.05, 0) is 38.5 Å². The van der Waals surface area contributed by atoms with Crippen molar-refractivity contribution in [2.24, 2.45) is 0 Å². The van der Waals surface area contributed by atoms with Gasteiger partial charge in [0.25, 0.3) is 5.91 Å². The van der Waals surface area contributed by atoms with Crippen LogP contribution in [0.2, 0.25) is 0 Å². The lowest BCUT2D eigenvalue weighted by molar-refractivity contribution is -0.137. The first-order valence-electron chi connectivity index (χ1n) is 7.38. The van der Waals surface area contributed by atoms with Crippen LogP contribution in [0.25, 0.3) is 10.9 Å². The molecule has 122 valence electrons. The highest BCUT2D eigenvalue weighted by molar-refractivity contribution is 5.98. The zero-order valence-corrected chi connectivity index (χ0v) is 13.4. The number of nitrogens with one attached hydrogen (secondary N) is 1. The molecule has 6 heteroatoms. The highest BCUT2D eigenvalue weighted by Gasteiger charge is 2.15. The summed E-state index contributed by atoms with van der Waals surface area (Å²) in [6.07, 6.45) is 0.411. The largest absolute Gasteiger partial charge is 0.497 e. The molecule has 0 saturated carbocycles. The van der Waals surface area contributed by atoms with Crippen molar-refractivity contribution in [1.29, 1.82) is 0 Å². The number of carboxylic acids is 1. The third-order valence-electron chi connectivity index (χ3n) is 3.63. The van der Waals surface area contributed by atoms with Crippen LogP contribution in [-0.2, 0) is 4.79 Å². The lowest BCUT2D eigenvalue weighted by Crippen LogP contribution is -2.33. The Morgan fingerprint density at radius 2 is 2.09 bits per heavy atom. The number of carboxylic acid groups (broad SMARTS) is 1. The van der Waals surface area contributed by atoms with Crippen LogP contribution in [0.15, 0.2) is 24.3 Å². The summed E-state index contributed by atoms with van der Waals surface area (Å²) >= 11 is 0. The number of aromatic nitrogens is 1. The molecule has 1 atom stereocenters. The first-order valence-corrected chi connectivity index (χ1v) is 7.38. The number of hydrogen-bond donors (Lipinski definition) is 2. The van der Waals surface area contributed by atoms with Crippen molar-refractivity contribution in [2.45, 2.75) is 32.7 Å². The van der Waals surface area contributed by atoms with Gasteiger partial charge >= 0.3 is 5.97 Å². The van der Waals surface area contributed by atoms with Crippen LogP contribution in [0.4, 0.5) is 0 Å². The summed E-state index contributed by atoms with van der Waals surface area (Å²) in [7, 11) is 1.59. The third-order valence-corrected chi connectivity index (χ3v) is 3.63. The van der Waals surface area contributed by atoms with E-state index in [1.54, 1.807) is 27.0 Å². The Hall–Kier alpha value is -2.63. The lowest BCUT2D eigenvalue weighted by Gasteiger charge is -2.14. The Balaban J connectivity index is 2.20. The Bertz CT molecular complexity index is 743. The lowest BCUT2D eigenvalue weighted by atomic mass is 10.1.